The van der Waals surface area contributed by atoms with Crippen LogP contribution in [0.1, 0.15) is 37.3 Å². The van der Waals surface area contributed by atoms with Crippen LogP contribution in [0.5, 0.6) is 0 Å². The van der Waals surface area contributed by atoms with Gasteiger partial charge in [0.2, 0.25) is 0 Å². The van der Waals surface area contributed by atoms with Gasteiger partial charge in [-0.05, 0) is 30.9 Å². The fourth-order valence-corrected chi connectivity index (χ4v) is 2.19. The first-order valence-electron chi connectivity index (χ1n) is 5.49. The molecule has 1 saturated carbocycles. The zero-order valence-corrected chi connectivity index (χ0v) is 11.1. The third kappa shape index (κ3) is 4.64. The summed E-state index contributed by atoms with van der Waals surface area (Å²) in [6.07, 6.45) is 7.64. The van der Waals surface area contributed by atoms with Crippen molar-refractivity contribution in [3.05, 3.63) is 24.0 Å². The average molecular weight is 227 g/mol. The fourth-order valence-electron chi connectivity index (χ4n) is 1.95. The van der Waals surface area contributed by atoms with Crippen molar-refractivity contribution in [1.82, 2.24) is 4.98 Å². The molecule has 1 N–H and O–H groups in total. The highest BCUT2D eigenvalue weighted by atomic mass is 28.3. The minimum atomic E-state index is -0.568. The Balaban J connectivity index is 0.000000195. The van der Waals surface area contributed by atoms with Gasteiger partial charge in [0.1, 0.15) is 0 Å². The van der Waals surface area contributed by atoms with E-state index < -0.39 is 10.0 Å². The predicted molar refractivity (Wildman–Crippen MR) is 64.6 cm³/mol. The average Bonchev–Trinajstić information content (AvgIpc) is 2.93. The van der Waals surface area contributed by atoms with Crippen LogP contribution in [-0.2, 0) is 8.85 Å². The number of aromatic nitrogens is 1. The van der Waals surface area contributed by atoms with Gasteiger partial charge >= 0.3 is 10.0 Å². The first kappa shape index (κ1) is 12.5. The van der Waals surface area contributed by atoms with E-state index in [-0.39, 0.29) is 0 Å². The quantitative estimate of drug-likeness (QED) is 0.801. The standard InChI is InChI=1S/C9H13N.C2H8O2Si/c1-2-5-8(4-1)9-6-3-7-10-9;1-3-5-4-2/h3,6-8,10H,1-2,4-5H2;5H2,1-2H3. The second-order valence-corrected chi connectivity index (χ2v) is 5.19. The second kappa shape index (κ2) is 7.68. The summed E-state index contributed by atoms with van der Waals surface area (Å²) in [5, 5.41) is 0. The number of nitrogens with one attached hydrogen (secondary N) is 1. The molecule has 0 unspecified atom stereocenters. The minimum absolute atomic E-state index is 0.568. The van der Waals surface area contributed by atoms with Crippen LogP contribution in [0.3, 0.4) is 0 Å². The maximum absolute atomic E-state index is 4.61. The summed E-state index contributed by atoms with van der Waals surface area (Å²) >= 11 is 0. The normalized spacial score (nSPS) is 16.1. The molecule has 1 aliphatic carbocycles. The molecule has 2 rings (SSSR count). The highest BCUT2D eigenvalue weighted by Crippen LogP contribution is 2.32. The van der Waals surface area contributed by atoms with Crippen LogP contribution >= 0.6 is 0 Å². The molecular weight excluding hydrogens is 206 g/mol. The van der Waals surface area contributed by atoms with E-state index in [9.17, 15) is 0 Å². The summed E-state index contributed by atoms with van der Waals surface area (Å²) in [6, 6.07) is 4.30. The lowest BCUT2D eigenvalue weighted by Crippen LogP contribution is -1.93. The molecule has 0 bridgehead atoms. The summed E-state index contributed by atoms with van der Waals surface area (Å²) in [5.41, 5.74) is 1.44. The van der Waals surface area contributed by atoms with Crippen LogP contribution in [0.15, 0.2) is 18.3 Å². The Morgan fingerprint density at radius 2 is 1.93 bits per heavy atom. The van der Waals surface area contributed by atoms with E-state index in [1.54, 1.807) is 14.2 Å². The fraction of sp³-hybridized carbons (Fsp3) is 0.636. The molecule has 15 heavy (non-hydrogen) atoms. The molecule has 1 aromatic heterocycles. The van der Waals surface area contributed by atoms with Crippen LogP contribution in [0.4, 0.5) is 0 Å². The molecule has 0 atom stereocenters. The number of H-pyrrole nitrogens is 1. The lowest BCUT2D eigenvalue weighted by Gasteiger charge is -2.03. The molecule has 4 heteroatoms. The van der Waals surface area contributed by atoms with E-state index in [0.29, 0.717) is 0 Å². The van der Waals surface area contributed by atoms with Crippen molar-refractivity contribution >= 4 is 10.0 Å². The number of rotatable bonds is 3. The van der Waals surface area contributed by atoms with Gasteiger partial charge < -0.3 is 13.8 Å². The molecule has 0 aliphatic heterocycles. The summed E-state index contributed by atoms with van der Waals surface area (Å²) in [6.45, 7) is 0. The van der Waals surface area contributed by atoms with Crippen molar-refractivity contribution in [2.45, 2.75) is 31.6 Å². The zero-order valence-electron chi connectivity index (χ0n) is 9.66. The molecule has 1 heterocycles. The van der Waals surface area contributed by atoms with E-state index in [2.05, 4.69) is 26.0 Å². The Kier molecular flexibility index (Phi) is 6.39. The molecule has 1 aliphatic rings. The van der Waals surface area contributed by atoms with Crippen molar-refractivity contribution in [1.29, 1.82) is 0 Å². The van der Waals surface area contributed by atoms with E-state index in [0.717, 1.165) is 5.92 Å². The molecule has 0 amide bonds. The molecule has 0 aromatic carbocycles. The monoisotopic (exact) mass is 227 g/mol. The molecule has 0 radical (unpaired) electrons. The van der Waals surface area contributed by atoms with Gasteiger partial charge in [-0.3, -0.25) is 0 Å². The predicted octanol–water partition coefficient (Wildman–Crippen LogP) is 1.95. The van der Waals surface area contributed by atoms with E-state index in [4.69, 9.17) is 0 Å². The van der Waals surface area contributed by atoms with E-state index in [1.165, 1.54) is 31.4 Å². The topological polar surface area (TPSA) is 34.2 Å². The second-order valence-electron chi connectivity index (χ2n) is 3.80. The summed E-state index contributed by atoms with van der Waals surface area (Å²) in [7, 11) is 2.73. The largest absolute Gasteiger partial charge is 0.402 e. The van der Waals surface area contributed by atoms with Gasteiger partial charge in [-0.2, -0.15) is 0 Å². The van der Waals surface area contributed by atoms with Crippen molar-refractivity contribution in [3.8, 4) is 0 Å². The Labute approximate surface area is 94.2 Å². The molecule has 86 valence electrons. The lowest BCUT2D eigenvalue weighted by atomic mass is 10.1. The van der Waals surface area contributed by atoms with Gasteiger partial charge in [0.25, 0.3) is 0 Å². The Hall–Kier alpha value is -0.583. The summed E-state index contributed by atoms with van der Waals surface area (Å²) < 4.78 is 9.22. The van der Waals surface area contributed by atoms with Crippen LogP contribution in [-0.4, -0.2) is 29.2 Å². The zero-order chi connectivity index (χ0) is 10.9. The van der Waals surface area contributed by atoms with Gasteiger partial charge in [0.05, 0.1) is 0 Å². The molecule has 0 spiro atoms. The van der Waals surface area contributed by atoms with Crippen molar-refractivity contribution in [2.75, 3.05) is 14.2 Å². The van der Waals surface area contributed by atoms with Crippen LogP contribution in [0.2, 0.25) is 0 Å². The minimum Gasteiger partial charge on any atom is -0.402 e. The van der Waals surface area contributed by atoms with Gasteiger partial charge in [0.15, 0.2) is 0 Å². The molecule has 1 aromatic rings. The van der Waals surface area contributed by atoms with Crippen LogP contribution in [0.25, 0.3) is 0 Å². The maximum Gasteiger partial charge on any atom is 0.303 e. The number of hydrogen-bond donors (Lipinski definition) is 1. The SMILES string of the molecule is CO[SiH2]OC.c1c[nH]c(C2CCCC2)c1. The maximum atomic E-state index is 4.61. The third-order valence-corrected chi connectivity index (χ3v) is 3.12. The van der Waals surface area contributed by atoms with Crippen LogP contribution < -0.4 is 0 Å². The van der Waals surface area contributed by atoms with Gasteiger partial charge in [-0.15, -0.1) is 0 Å². The summed E-state index contributed by atoms with van der Waals surface area (Å²) in [4.78, 5) is 3.28. The number of hydrogen-bond acceptors (Lipinski definition) is 2. The first-order chi connectivity index (χ1) is 7.38. The highest BCUT2D eigenvalue weighted by Gasteiger charge is 2.16. The lowest BCUT2D eigenvalue weighted by molar-refractivity contribution is 0.309. The molecule has 3 nitrogen and oxygen atoms in total. The Morgan fingerprint density at radius 3 is 2.33 bits per heavy atom. The summed E-state index contributed by atoms with van der Waals surface area (Å²) in [5.74, 6) is 0.843. The van der Waals surface area contributed by atoms with E-state index >= 15 is 0 Å². The Bertz CT molecular complexity index is 231. The smallest absolute Gasteiger partial charge is 0.303 e. The number of aromatic amines is 1. The Morgan fingerprint density at radius 1 is 1.27 bits per heavy atom. The van der Waals surface area contributed by atoms with Gasteiger partial charge in [-0.1, -0.05) is 12.8 Å². The molecule has 1 fully saturated rings. The van der Waals surface area contributed by atoms with Gasteiger partial charge in [0, 0.05) is 26.1 Å². The van der Waals surface area contributed by atoms with Crippen molar-refractivity contribution < 1.29 is 8.85 Å². The van der Waals surface area contributed by atoms with Gasteiger partial charge in [-0.25, -0.2) is 0 Å². The molecule has 0 saturated heterocycles. The van der Waals surface area contributed by atoms with E-state index in [1.807, 2.05) is 6.20 Å². The molecular formula is C11H21NO2Si. The highest BCUT2D eigenvalue weighted by molar-refractivity contribution is 6.17. The third-order valence-electron chi connectivity index (χ3n) is 2.65. The van der Waals surface area contributed by atoms with Crippen LogP contribution in [0, 0.1) is 0 Å². The van der Waals surface area contributed by atoms with Crippen molar-refractivity contribution in [2.24, 2.45) is 0 Å². The first-order valence-corrected chi connectivity index (χ1v) is 6.65. The van der Waals surface area contributed by atoms with Crippen molar-refractivity contribution in [3.63, 3.8) is 0 Å².